The summed E-state index contributed by atoms with van der Waals surface area (Å²) >= 11 is 0. The second-order valence-electron chi connectivity index (χ2n) is 6.02. The molecule has 1 aromatic rings. The minimum atomic E-state index is -3.44. The maximum atomic E-state index is 12.7. The van der Waals surface area contributed by atoms with E-state index < -0.39 is 10.0 Å². The van der Waals surface area contributed by atoms with Crippen molar-refractivity contribution < 1.29 is 8.42 Å². The summed E-state index contributed by atoms with van der Waals surface area (Å²) in [6.07, 6.45) is 3.97. The molecule has 1 aliphatic carbocycles. The molecule has 1 aromatic heterocycles. The van der Waals surface area contributed by atoms with Gasteiger partial charge in [-0.15, -0.1) is 0 Å². The molecule has 6 heteroatoms. The Balaban J connectivity index is 2.34. The van der Waals surface area contributed by atoms with Crippen LogP contribution in [0.2, 0.25) is 0 Å². The Morgan fingerprint density at radius 2 is 2.00 bits per heavy atom. The highest BCUT2D eigenvalue weighted by atomic mass is 32.2. The van der Waals surface area contributed by atoms with Crippen LogP contribution in [0, 0.1) is 5.92 Å². The van der Waals surface area contributed by atoms with Gasteiger partial charge in [-0.1, -0.05) is 13.8 Å². The van der Waals surface area contributed by atoms with Crippen LogP contribution in [0.25, 0.3) is 0 Å². The number of rotatable bonds is 6. The third kappa shape index (κ3) is 2.77. The molecular formula is C14H25N3O2S. The lowest BCUT2D eigenvalue weighted by Crippen LogP contribution is -2.38. The molecule has 0 spiro atoms. The largest absolute Gasteiger partial charge is 0.346 e. The van der Waals surface area contributed by atoms with Gasteiger partial charge in [0.15, 0.2) is 0 Å². The van der Waals surface area contributed by atoms with Crippen LogP contribution in [0.15, 0.2) is 17.2 Å². The quantitative estimate of drug-likeness (QED) is 0.873. The fraction of sp³-hybridized carbons (Fsp3) is 0.714. The first-order valence-electron chi connectivity index (χ1n) is 7.18. The normalized spacial score (nSPS) is 17.9. The van der Waals surface area contributed by atoms with Crippen LogP contribution in [-0.2, 0) is 16.6 Å². The van der Waals surface area contributed by atoms with Gasteiger partial charge in [-0.2, -0.15) is 4.31 Å². The highest BCUT2D eigenvalue weighted by Gasteiger charge is 2.31. The molecule has 0 aliphatic heterocycles. The van der Waals surface area contributed by atoms with E-state index >= 15 is 0 Å². The summed E-state index contributed by atoms with van der Waals surface area (Å²) in [4.78, 5) is 0.361. The topological polar surface area (TPSA) is 68.3 Å². The Kier molecular flexibility index (Phi) is 4.27. The summed E-state index contributed by atoms with van der Waals surface area (Å²) < 4.78 is 28.8. The van der Waals surface area contributed by atoms with Crippen molar-refractivity contribution in [2.45, 2.75) is 57.1 Å². The second-order valence-corrected chi connectivity index (χ2v) is 8.01. The number of nitrogens with two attached hydrogens (primary N) is 1. The van der Waals surface area contributed by atoms with E-state index in [4.69, 9.17) is 5.73 Å². The number of hydrogen-bond acceptors (Lipinski definition) is 3. The first kappa shape index (κ1) is 15.5. The van der Waals surface area contributed by atoms with E-state index in [9.17, 15) is 8.42 Å². The maximum Gasteiger partial charge on any atom is 0.244 e. The molecule has 20 heavy (non-hydrogen) atoms. The number of aromatic nitrogens is 1. The Bertz CT molecular complexity index is 573. The van der Waals surface area contributed by atoms with Gasteiger partial charge in [-0.25, -0.2) is 8.42 Å². The summed E-state index contributed by atoms with van der Waals surface area (Å²) in [5.41, 5.74) is 6.63. The van der Waals surface area contributed by atoms with Gasteiger partial charge in [0, 0.05) is 37.6 Å². The first-order chi connectivity index (χ1) is 9.28. The van der Waals surface area contributed by atoms with Crippen molar-refractivity contribution >= 4 is 10.0 Å². The van der Waals surface area contributed by atoms with Crippen LogP contribution in [0.5, 0.6) is 0 Å². The van der Waals surface area contributed by atoms with Crippen LogP contribution in [0.4, 0.5) is 0 Å². The van der Waals surface area contributed by atoms with Gasteiger partial charge in [-0.3, -0.25) is 0 Å². The predicted molar refractivity (Wildman–Crippen MR) is 79.8 cm³/mol. The third-order valence-electron chi connectivity index (χ3n) is 4.27. The van der Waals surface area contributed by atoms with Crippen molar-refractivity contribution in [3.8, 4) is 0 Å². The zero-order chi connectivity index (χ0) is 15.1. The Morgan fingerprint density at radius 3 is 2.45 bits per heavy atom. The Hall–Kier alpha value is -0.850. The summed E-state index contributed by atoms with van der Waals surface area (Å²) in [7, 11) is -1.79. The van der Waals surface area contributed by atoms with Gasteiger partial charge in [0.2, 0.25) is 10.0 Å². The molecule has 1 atom stereocenters. The highest BCUT2D eigenvalue weighted by Crippen LogP contribution is 2.37. The SMILES string of the molecule is CC(C)C(C)N(C)S(=O)(=O)c1cc(CN)n(C2CC2)c1. The summed E-state index contributed by atoms with van der Waals surface area (Å²) in [6.45, 7) is 6.36. The lowest BCUT2D eigenvalue weighted by atomic mass is 10.1. The second kappa shape index (κ2) is 5.50. The monoisotopic (exact) mass is 299 g/mol. The molecule has 1 heterocycles. The fourth-order valence-corrected chi connectivity index (χ4v) is 3.84. The van der Waals surface area contributed by atoms with Gasteiger partial charge >= 0.3 is 0 Å². The van der Waals surface area contributed by atoms with Crippen LogP contribution >= 0.6 is 0 Å². The van der Waals surface area contributed by atoms with Crippen LogP contribution in [0.3, 0.4) is 0 Å². The van der Waals surface area contributed by atoms with Crippen LogP contribution in [-0.4, -0.2) is 30.4 Å². The molecule has 2 rings (SSSR count). The van der Waals surface area contributed by atoms with E-state index in [-0.39, 0.29) is 12.0 Å². The predicted octanol–water partition coefficient (Wildman–Crippen LogP) is 1.95. The lowest BCUT2D eigenvalue weighted by molar-refractivity contribution is 0.316. The Morgan fingerprint density at radius 1 is 1.40 bits per heavy atom. The molecule has 0 aromatic carbocycles. The molecule has 1 aliphatic rings. The molecule has 114 valence electrons. The van der Waals surface area contributed by atoms with E-state index in [0.29, 0.717) is 17.5 Å². The van der Waals surface area contributed by atoms with Crippen molar-refractivity contribution in [3.63, 3.8) is 0 Å². The van der Waals surface area contributed by atoms with E-state index in [2.05, 4.69) is 0 Å². The van der Waals surface area contributed by atoms with Crippen molar-refractivity contribution in [3.05, 3.63) is 18.0 Å². The fourth-order valence-electron chi connectivity index (χ4n) is 2.30. The van der Waals surface area contributed by atoms with E-state index in [0.717, 1.165) is 18.5 Å². The molecule has 1 unspecified atom stereocenters. The molecule has 0 radical (unpaired) electrons. The molecule has 0 amide bonds. The van der Waals surface area contributed by atoms with Crippen molar-refractivity contribution in [1.82, 2.24) is 8.87 Å². The van der Waals surface area contributed by atoms with Crippen molar-refractivity contribution in [1.29, 1.82) is 0 Å². The van der Waals surface area contributed by atoms with Crippen molar-refractivity contribution in [2.24, 2.45) is 11.7 Å². The molecule has 0 bridgehead atoms. The van der Waals surface area contributed by atoms with Gasteiger partial charge in [0.1, 0.15) is 4.90 Å². The lowest BCUT2D eigenvalue weighted by Gasteiger charge is -2.26. The summed E-state index contributed by atoms with van der Waals surface area (Å²) in [5.74, 6) is 0.272. The summed E-state index contributed by atoms with van der Waals surface area (Å²) in [6, 6.07) is 2.12. The number of hydrogen-bond donors (Lipinski definition) is 1. The van der Waals surface area contributed by atoms with Crippen LogP contribution < -0.4 is 5.73 Å². The van der Waals surface area contributed by atoms with Gasteiger partial charge in [0.25, 0.3) is 0 Å². The summed E-state index contributed by atoms with van der Waals surface area (Å²) in [5, 5.41) is 0. The molecule has 1 fully saturated rings. The average molecular weight is 299 g/mol. The molecule has 1 saturated carbocycles. The Labute approximate surface area is 121 Å². The first-order valence-corrected chi connectivity index (χ1v) is 8.62. The van der Waals surface area contributed by atoms with Crippen molar-refractivity contribution in [2.75, 3.05) is 7.05 Å². The zero-order valence-electron chi connectivity index (χ0n) is 12.7. The smallest absolute Gasteiger partial charge is 0.244 e. The highest BCUT2D eigenvalue weighted by molar-refractivity contribution is 7.89. The molecule has 5 nitrogen and oxygen atoms in total. The number of nitrogens with zero attached hydrogens (tertiary/aromatic N) is 2. The zero-order valence-corrected chi connectivity index (χ0v) is 13.5. The van der Waals surface area contributed by atoms with Gasteiger partial charge in [-0.05, 0) is 31.7 Å². The molecule has 0 saturated heterocycles. The van der Waals surface area contributed by atoms with E-state index in [1.54, 1.807) is 19.3 Å². The maximum absolute atomic E-state index is 12.7. The third-order valence-corrected chi connectivity index (χ3v) is 6.18. The minimum absolute atomic E-state index is 0.0365. The van der Waals surface area contributed by atoms with E-state index in [1.807, 2.05) is 25.3 Å². The van der Waals surface area contributed by atoms with Gasteiger partial charge in [0.05, 0.1) is 0 Å². The van der Waals surface area contributed by atoms with E-state index in [1.165, 1.54) is 4.31 Å². The molecule has 2 N–H and O–H groups in total. The number of sulfonamides is 1. The van der Waals surface area contributed by atoms with Crippen LogP contribution in [0.1, 0.15) is 45.3 Å². The standard InChI is InChI=1S/C14H25N3O2S/c1-10(2)11(3)16(4)20(18,19)14-7-13(8-15)17(9-14)12-5-6-12/h7,9-12H,5-6,8,15H2,1-4H3. The molecular weight excluding hydrogens is 274 g/mol. The van der Waals surface area contributed by atoms with Gasteiger partial charge < -0.3 is 10.3 Å². The average Bonchev–Trinajstić information content (AvgIpc) is 3.15. The minimum Gasteiger partial charge on any atom is -0.346 e.